The Hall–Kier alpha value is -2.21. The van der Waals surface area contributed by atoms with Crippen molar-refractivity contribution in [3.05, 3.63) is 54.6 Å². The predicted molar refractivity (Wildman–Crippen MR) is 82.3 cm³/mol. The van der Waals surface area contributed by atoms with Crippen LogP contribution in [0, 0.1) is 0 Å². The number of piperidine rings is 1. The summed E-state index contributed by atoms with van der Waals surface area (Å²) in [6.45, 7) is -0.0399. The van der Waals surface area contributed by atoms with Crippen LogP contribution in [0.1, 0.15) is 0 Å². The van der Waals surface area contributed by atoms with Crippen molar-refractivity contribution in [2.75, 3.05) is 11.4 Å². The van der Waals surface area contributed by atoms with Gasteiger partial charge in [0.15, 0.2) is 6.10 Å². The van der Waals surface area contributed by atoms with Gasteiger partial charge in [0.2, 0.25) is 0 Å². The van der Waals surface area contributed by atoms with E-state index in [0.717, 1.165) is 11.1 Å². The van der Waals surface area contributed by atoms with Crippen LogP contribution in [0.2, 0.25) is 0 Å². The SMILES string of the molecule is O=C1[C@H](O)[C@H](O)[C@@H](O)CN1c1ccc(-c2ccccc2)cc1. The third-order valence-electron chi connectivity index (χ3n) is 3.89. The van der Waals surface area contributed by atoms with E-state index in [9.17, 15) is 20.1 Å². The molecule has 114 valence electrons. The highest BCUT2D eigenvalue weighted by molar-refractivity contribution is 5.98. The van der Waals surface area contributed by atoms with Crippen molar-refractivity contribution in [2.24, 2.45) is 0 Å². The highest BCUT2D eigenvalue weighted by Gasteiger charge is 2.40. The third-order valence-corrected chi connectivity index (χ3v) is 3.89. The molecule has 1 amide bonds. The van der Waals surface area contributed by atoms with E-state index >= 15 is 0 Å². The first-order valence-corrected chi connectivity index (χ1v) is 7.09. The average molecular weight is 299 g/mol. The quantitative estimate of drug-likeness (QED) is 0.765. The van der Waals surface area contributed by atoms with Gasteiger partial charge in [0.05, 0.1) is 6.54 Å². The number of benzene rings is 2. The molecule has 0 bridgehead atoms. The molecule has 2 aromatic rings. The fourth-order valence-electron chi connectivity index (χ4n) is 2.60. The van der Waals surface area contributed by atoms with E-state index in [0.29, 0.717) is 5.69 Å². The Morgan fingerprint density at radius 2 is 1.45 bits per heavy atom. The number of aliphatic hydroxyl groups excluding tert-OH is 3. The van der Waals surface area contributed by atoms with Crippen molar-refractivity contribution in [2.45, 2.75) is 18.3 Å². The van der Waals surface area contributed by atoms with E-state index < -0.39 is 24.2 Å². The molecule has 1 aliphatic rings. The number of β-amino-alcohol motifs (C(OH)–C–C–N with tert-alkyl or cyclic N) is 1. The maximum absolute atomic E-state index is 12.0. The summed E-state index contributed by atoms with van der Waals surface area (Å²) in [7, 11) is 0. The lowest BCUT2D eigenvalue weighted by molar-refractivity contribution is -0.143. The lowest BCUT2D eigenvalue weighted by atomic mass is 9.99. The second kappa shape index (κ2) is 5.88. The maximum Gasteiger partial charge on any atom is 0.258 e. The summed E-state index contributed by atoms with van der Waals surface area (Å²) < 4.78 is 0. The fourth-order valence-corrected chi connectivity index (χ4v) is 2.60. The summed E-state index contributed by atoms with van der Waals surface area (Å²) in [4.78, 5) is 13.3. The minimum Gasteiger partial charge on any atom is -0.388 e. The van der Waals surface area contributed by atoms with Crippen LogP contribution in [-0.2, 0) is 4.79 Å². The summed E-state index contributed by atoms with van der Waals surface area (Å²) in [6, 6.07) is 17.1. The zero-order chi connectivity index (χ0) is 15.7. The van der Waals surface area contributed by atoms with Crippen LogP contribution >= 0.6 is 0 Å². The van der Waals surface area contributed by atoms with Gasteiger partial charge in [-0.1, -0.05) is 42.5 Å². The Morgan fingerprint density at radius 1 is 0.864 bits per heavy atom. The molecular weight excluding hydrogens is 282 g/mol. The van der Waals surface area contributed by atoms with Crippen LogP contribution in [0.3, 0.4) is 0 Å². The van der Waals surface area contributed by atoms with E-state index in [-0.39, 0.29) is 6.54 Å². The van der Waals surface area contributed by atoms with E-state index in [4.69, 9.17) is 0 Å². The number of carbonyl (C=O) groups excluding carboxylic acids is 1. The smallest absolute Gasteiger partial charge is 0.258 e. The first-order chi connectivity index (χ1) is 10.6. The topological polar surface area (TPSA) is 81.0 Å². The Bertz CT molecular complexity index is 656. The number of hydrogen-bond acceptors (Lipinski definition) is 4. The Labute approximate surface area is 128 Å². The molecule has 5 nitrogen and oxygen atoms in total. The third kappa shape index (κ3) is 2.62. The minimum atomic E-state index is -1.60. The van der Waals surface area contributed by atoms with Crippen LogP contribution in [0.4, 0.5) is 5.69 Å². The largest absolute Gasteiger partial charge is 0.388 e. The van der Waals surface area contributed by atoms with Crippen LogP contribution < -0.4 is 4.90 Å². The molecule has 1 heterocycles. The number of anilines is 1. The number of hydrogen-bond donors (Lipinski definition) is 3. The van der Waals surface area contributed by atoms with Crippen LogP contribution in [-0.4, -0.2) is 46.1 Å². The van der Waals surface area contributed by atoms with Gasteiger partial charge < -0.3 is 20.2 Å². The number of carbonyl (C=O) groups is 1. The van der Waals surface area contributed by atoms with Gasteiger partial charge in [-0.3, -0.25) is 4.79 Å². The van der Waals surface area contributed by atoms with Crippen molar-refractivity contribution in [3.8, 4) is 11.1 Å². The normalized spacial score (nSPS) is 25.3. The number of rotatable bonds is 2. The van der Waals surface area contributed by atoms with Crippen molar-refractivity contribution < 1.29 is 20.1 Å². The maximum atomic E-state index is 12.0. The van der Waals surface area contributed by atoms with Gasteiger partial charge in [0.25, 0.3) is 5.91 Å². The van der Waals surface area contributed by atoms with E-state index in [2.05, 4.69) is 0 Å². The van der Waals surface area contributed by atoms with E-state index in [1.165, 1.54) is 4.90 Å². The van der Waals surface area contributed by atoms with Gasteiger partial charge in [-0.2, -0.15) is 0 Å². The van der Waals surface area contributed by atoms with Gasteiger partial charge >= 0.3 is 0 Å². The van der Waals surface area contributed by atoms with Gasteiger partial charge in [0.1, 0.15) is 12.2 Å². The molecule has 0 radical (unpaired) electrons. The van der Waals surface area contributed by atoms with Crippen LogP contribution in [0.15, 0.2) is 54.6 Å². The highest BCUT2D eigenvalue weighted by atomic mass is 16.4. The minimum absolute atomic E-state index is 0.0399. The average Bonchev–Trinajstić information content (AvgIpc) is 2.57. The molecule has 5 heteroatoms. The summed E-state index contributed by atoms with van der Waals surface area (Å²) in [5.41, 5.74) is 2.65. The lowest BCUT2D eigenvalue weighted by Gasteiger charge is -2.36. The zero-order valence-corrected chi connectivity index (χ0v) is 11.8. The molecule has 1 saturated heterocycles. The summed E-state index contributed by atoms with van der Waals surface area (Å²) in [6.07, 6.45) is -4.20. The van der Waals surface area contributed by atoms with Gasteiger partial charge in [0, 0.05) is 5.69 Å². The molecule has 22 heavy (non-hydrogen) atoms. The first kappa shape index (κ1) is 14.7. The van der Waals surface area contributed by atoms with Crippen molar-refractivity contribution in [1.82, 2.24) is 0 Å². The summed E-state index contributed by atoms with van der Waals surface area (Å²) in [5, 5.41) is 28.9. The predicted octanol–water partition coefficient (Wildman–Crippen LogP) is 0.783. The van der Waals surface area contributed by atoms with Gasteiger partial charge in [-0.25, -0.2) is 0 Å². The molecule has 3 rings (SSSR count). The van der Waals surface area contributed by atoms with Crippen molar-refractivity contribution in [3.63, 3.8) is 0 Å². The lowest BCUT2D eigenvalue weighted by Crippen LogP contribution is -2.59. The second-order valence-electron chi connectivity index (χ2n) is 5.36. The molecule has 1 aliphatic heterocycles. The molecular formula is C17H17NO4. The number of aliphatic hydroxyl groups is 3. The van der Waals surface area contributed by atoms with E-state index in [1.54, 1.807) is 12.1 Å². The second-order valence-corrected chi connectivity index (χ2v) is 5.36. The first-order valence-electron chi connectivity index (χ1n) is 7.09. The van der Waals surface area contributed by atoms with E-state index in [1.807, 2.05) is 42.5 Å². The summed E-state index contributed by atoms with van der Waals surface area (Å²) in [5.74, 6) is -0.606. The van der Waals surface area contributed by atoms with Crippen molar-refractivity contribution in [1.29, 1.82) is 0 Å². The molecule has 0 aromatic heterocycles. The van der Waals surface area contributed by atoms with Gasteiger partial charge in [-0.15, -0.1) is 0 Å². The van der Waals surface area contributed by atoms with Crippen LogP contribution in [0.25, 0.3) is 11.1 Å². The molecule has 2 aromatic carbocycles. The standard InChI is InChI=1S/C17H17NO4/c19-14-10-18(17(22)16(21)15(14)20)13-8-6-12(7-9-13)11-4-2-1-3-5-11/h1-9,14-16,19-21H,10H2/t14-,15+,16+/m0/s1. The molecule has 0 unspecified atom stereocenters. The molecule has 0 aliphatic carbocycles. The Balaban J connectivity index is 1.85. The fraction of sp³-hybridized carbons (Fsp3) is 0.235. The molecule has 3 N–H and O–H groups in total. The monoisotopic (exact) mass is 299 g/mol. The summed E-state index contributed by atoms with van der Waals surface area (Å²) >= 11 is 0. The Kier molecular flexibility index (Phi) is 3.94. The van der Waals surface area contributed by atoms with Gasteiger partial charge in [-0.05, 0) is 23.3 Å². The Morgan fingerprint density at radius 3 is 2.09 bits per heavy atom. The zero-order valence-electron chi connectivity index (χ0n) is 11.8. The van der Waals surface area contributed by atoms with Crippen LogP contribution in [0.5, 0.6) is 0 Å². The molecule has 0 spiro atoms. The molecule has 3 atom stereocenters. The highest BCUT2D eigenvalue weighted by Crippen LogP contribution is 2.26. The molecule has 0 saturated carbocycles. The molecule has 1 fully saturated rings. The number of nitrogens with zero attached hydrogens (tertiary/aromatic N) is 1. The van der Waals surface area contributed by atoms with Crippen molar-refractivity contribution >= 4 is 11.6 Å². The number of amides is 1.